The molecule has 0 radical (unpaired) electrons. The monoisotopic (exact) mass is 251 g/mol. The van der Waals surface area contributed by atoms with Gasteiger partial charge in [0.05, 0.1) is 4.90 Å². The van der Waals surface area contributed by atoms with Crippen molar-refractivity contribution in [3.8, 4) is 0 Å². The van der Waals surface area contributed by atoms with E-state index < -0.39 is 9.84 Å². The summed E-state index contributed by atoms with van der Waals surface area (Å²) in [6, 6.07) is 6.53. The zero-order valence-electron chi connectivity index (χ0n) is 9.56. The maximum atomic E-state index is 11.3. The zero-order valence-corrected chi connectivity index (χ0v) is 10.4. The Morgan fingerprint density at radius 3 is 2.35 bits per heavy atom. The summed E-state index contributed by atoms with van der Waals surface area (Å²) in [5, 5.41) is 3.04. The first-order valence-corrected chi connectivity index (χ1v) is 6.93. The lowest BCUT2D eigenvalue weighted by Crippen LogP contribution is -1.97. The molecule has 0 amide bonds. The fraction of sp³-hybridized carbons (Fsp3) is 0.182. The summed E-state index contributed by atoms with van der Waals surface area (Å²) in [6.07, 6.45) is 2.90. The largest absolute Gasteiger partial charge is 0.328 e. The van der Waals surface area contributed by atoms with Gasteiger partial charge in [-0.25, -0.2) is 13.4 Å². The normalized spacial score (nSPS) is 11.4. The molecule has 0 bridgehead atoms. The van der Waals surface area contributed by atoms with Crippen LogP contribution in [0.5, 0.6) is 0 Å². The van der Waals surface area contributed by atoms with Crippen LogP contribution in [-0.2, 0) is 9.84 Å². The Morgan fingerprint density at radius 1 is 1.24 bits per heavy atom. The van der Waals surface area contributed by atoms with Gasteiger partial charge in [-0.3, -0.25) is 0 Å². The zero-order chi connectivity index (χ0) is 12.5. The number of aromatic amines is 1. The predicted molar refractivity (Wildman–Crippen MR) is 66.2 cm³/mol. The Morgan fingerprint density at radius 2 is 1.88 bits per heavy atom. The molecule has 0 saturated heterocycles. The molecular weight excluding hydrogens is 238 g/mol. The number of aromatic nitrogens is 2. The van der Waals surface area contributed by atoms with E-state index in [2.05, 4.69) is 15.3 Å². The van der Waals surface area contributed by atoms with Crippen LogP contribution in [0, 0.1) is 6.92 Å². The van der Waals surface area contributed by atoms with Crippen molar-refractivity contribution < 1.29 is 8.42 Å². The van der Waals surface area contributed by atoms with Crippen molar-refractivity contribution in [2.75, 3.05) is 11.6 Å². The Bertz CT molecular complexity index is 614. The molecule has 2 aromatic rings. The number of nitrogens with zero attached hydrogens (tertiary/aromatic N) is 1. The third kappa shape index (κ3) is 2.85. The molecule has 90 valence electrons. The van der Waals surface area contributed by atoms with E-state index in [0.717, 1.165) is 11.4 Å². The van der Waals surface area contributed by atoms with Crippen LogP contribution in [-0.4, -0.2) is 24.6 Å². The van der Waals surface area contributed by atoms with Crippen molar-refractivity contribution in [2.45, 2.75) is 11.8 Å². The standard InChI is InChI=1S/C11H13N3O2S/c1-8-7-12-11(13-8)14-9-3-5-10(6-4-9)17(2,15)16/h3-7H,1-2H3,(H2,12,13,14). The van der Waals surface area contributed by atoms with E-state index in [1.165, 1.54) is 6.26 Å². The minimum atomic E-state index is -3.14. The highest BCUT2D eigenvalue weighted by Crippen LogP contribution is 2.16. The first-order chi connectivity index (χ1) is 7.95. The number of sulfone groups is 1. The highest BCUT2D eigenvalue weighted by Gasteiger charge is 2.06. The molecule has 17 heavy (non-hydrogen) atoms. The maximum absolute atomic E-state index is 11.3. The number of anilines is 2. The molecule has 0 fully saturated rings. The first kappa shape index (κ1) is 11.7. The third-order valence-corrected chi connectivity index (χ3v) is 3.38. The van der Waals surface area contributed by atoms with Crippen LogP contribution in [0.3, 0.4) is 0 Å². The highest BCUT2D eigenvalue weighted by molar-refractivity contribution is 7.90. The SMILES string of the molecule is Cc1cnc(Nc2ccc(S(C)(=O)=O)cc2)[nH]1. The quantitative estimate of drug-likeness (QED) is 0.873. The van der Waals surface area contributed by atoms with Gasteiger partial charge in [0.15, 0.2) is 9.84 Å². The van der Waals surface area contributed by atoms with Gasteiger partial charge < -0.3 is 10.3 Å². The molecule has 0 aliphatic heterocycles. The number of rotatable bonds is 3. The number of H-pyrrole nitrogens is 1. The fourth-order valence-corrected chi connectivity index (χ4v) is 2.03. The summed E-state index contributed by atoms with van der Waals surface area (Å²) in [5.41, 5.74) is 1.74. The van der Waals surface area contributed by atoms with Crippen LogP contribution < -0.4 is 5.32 Å². The first-order valence-electron chi connectivity index (χ1n) is 5.04. The van der Waals surface area contributed by atoms with E-state index in [1.54, 1.807) is 30.5 Å². The minimum Gasteiger partial charge on any atom is -0.328 e. The average Bonchev–Trinajstić information content (AvgIpc) is 2.63. The van der Waals surface area contributed by atoms with Crippen LogP contribution in [0.15, 0.2) is 35.4 Å². The van der Waals surface area contributed by atoms with Gasteiger partial charge in [-0.05, 0) is 31.2 Å². The van der Waals surface area contributed by atoms with Crippen molar-refractivity contribution in [3.05, 3.63) is 36.2 Å². The molecule has 0 aliphatic rings. The van der Waals surface area contributed by atoms with Crippen LogP contribution in [0.4, 0.5) is 11.6 Å². The van der Waals surface area contributed by atoms with Crippen molar-refractivity contribution in [1.29, 1.82) is 0 Å². The van der Waals surface area contributed by atoms with Crippen LogP contribution in [0.25, 0.3) is 0 Å². The summed E-state index contributed by atoms with van der Waals surface area (Å²) in [4.78, 5) is 7.43. The van der Waals surface area contributed by atoms with Gasteiger partial charge in [0.25, 0.3) is 0 Å². The van der Waals surface area contributed by atoms with Gasteiger partial charge in [0.2, 0.25) is 5.95 Å². The molecule has 2 rings (SSSR count). The molecule has 1 aromatic carbocycles. The van der Waals surface area contributed by atoms with E-state index in [-0.39, 0.29) is 0 Å². The third-order valence-electron chi connectivity index (χ3n) is 2.25. The summed E-state index contributed by atoms with van der Waals surface area (Å²) >= 11 is 0. The second-order valence-electron chi connectivity index (χ2n) is 3.84. The number of hydrogen-bond donors (Lipinski definition) is 2. The Kier molecular flexibility index (Phi) is 2.89. The van der Waals surface area contributed by atoms with Crippen LogP contribution in [0.2, 0.25) is 0 Å². The van der Waals surface area contributed by atoms with Gasteiger partial charge in [0, 0.05) is 23.8 Å². The molecular formula is C11H13N3O2S. The van der Waals surface area contributed by atoms with Gasteiger partial charge in [0.1, 0.15) is 0 Å². The molecule has 0 atom stereocenters. The molecule has 5 nitrogen and oxygen atoms in total. The van der Waals surface area contributed by atoms with Gasteiger partial charge in [-0.1, -0.05) is 0 Å². The van der Waals surface area contributed by atoms with E-state index in [4.69, 9.17) is 0 Å². The number of imidazole rings is 1. The Balaban J connectivity index is 2.19. The van der Waals surface area contributed by atoms with Crippen molar-refractivity contribution in [1.82, 2.24) is 9.97 Å². The summed E-state index contributed by atoms with van der Waals surface area (Å²) in [5.74, 6) is 0.634. The van der Waals surface area contributed by atoms with Gasteiger partial charge >= 0.3 is 0 Å². The topological polar surface area (TPSA) is 74.8 Å². The van der Waals surface area contributed by atoms with E-state index >= 15 is 0 Å². The summed E-state index contributed by atoms with van der Waals surface area (Å²) < 4.78 is 22.5. The number of hydrogen-bond acceptors (Lipinski definition) is 4. The highest BCUT2D eigenvalue weighted by atomic mass is 32.2. The van der Waals surface area contributed by atoms with Crippen molar-refractivity contribution >= 4 is 21.5 Å². The van der Waals surface area contributed by atoms with Crippen molar-refractivity contribution in [2.24, 2.45) is 0 Å². The lowest BCUT2D eigenvalue weighted by Gasteiger charge is -2.03. The van der Waals surface area contributed by atoms with E-state index in [0.29, 0.717) is 10.8 Å². The van der Waals surface area contributed by atoms with Gasteiger partial charge in [-0.15, -0.1) is 0 Å². The van der Waals surface area contributed by atoms with E-state index in [1.807, 2.05) is 6.92 Å². The summed E-state index contributed by atoms with van der Waals surface area (Å²) in [6.45, 7) is 1.91. The molecule has 1 aromatic heterocycles. The fourth-order valence-electron chi connectivity index (χ4n) is 1.40. The second kappa shape index (κ2) is 4.21. The minimum absolute atomic E-state index is 0.304. The second-order valence-corrected chi connectivity index (χ2v) is 5.85. The summed E-state index contributed by atoms with van der Waals surface area (Å²) in [7, 11) is -3.14. The Hall–Kier alpha value is -1.82. The molecule has 0 unspecified atom stereocenters. The molecule has 0 spiro atoms. The molecule has 0 aliphatic carbocycles. The molecule has 1 heterocycles. The predicted octanol–water partition coefficient (Wildman–Crippen LogP) is 1.87. The molecule has 2 N–H and O–H groups in total. The number of nitrogens with one attached hydrogen (secondary N) is 2. The smallest absolute Gasteiger partial charge is 0.204 e. The van der Waals surface area contributed by atoms with Crippen LogP contribution in [0.1, 0.15) is 5.69 Å². The maximum Gasteiger partial charge on any atom is 0.204 e. The number of benzene rings is 1. The number of aryl methyl sites for hydroxylation is 1. The van der Waals surface area contributed by atoms with Crippen LogP contribution >= 0.6 is 0 Å². The lowest BCUT2D eigenvalue weighted by molar-refractivity contribution is 0.602. The molecule has 0 saturated carbocycles. The van der Waals surface area contributed by atoms with E-state index in [9.17, 15) is 8.42 Å². The average molecular weight is 251 g/mol. The van der Waals surface area contributed by atoms with Crippen molar-refractivity contribution in [3.63, 3.8) is 0 Å². The lowest BCUT2D eigenvalue weighted by atomic mass is 10.3. The Labute approximate surface area is 99.8 Å². The van der Waals surface area contributed by atoms with Gasteiger partial charge in [-0.2, -0.15) is 0 Å². The molecule has 6 heteroatoms.